The Hall–Kier alpha value is -1.70. The molecule has 2 aliphatic heterocycles. The van der Waals surface area contributed by atoms with Crippen LogP contribution in [0.3, 0.4) is 0 Å². The van der Waals surface area contributed by atoms with Crippen molar-refractivity contribution in [3.8, 4) is 0 Å². The molecule has 0 spiro atoms. The zero-order valence-electron chi connectivity index (χ0n) is 18.2. The summed E-state index contributed by atoms with van der Waals surface area (Å²) < 4.78 is 5.42. The van der Waals surface area contributed by atoms with Crippen LogP contribution in [0, 0.1) is 0 Å². The number of nitrogens with one attached hydrogen (secondary N) is 1. The topological polar surface area (TPSA) is 57.7 Å². The van der Waals surface area contributed by atoms with Crippen LogP contribution in [0.1, 0.15) is 24.8 Å². The van der Waals surface area contributed by atoms with Crippen molar-refractivity contribution in [2.24, 2.45) is 0 Å². The van der Waals surface area contributed by atoms with Crippen molar-refractivity contribution in [1.82, 2.24) is 15.2 Å². The highest BCUT2D eigenvalue weighted by molar-refractivity contribution is 6.42. The van der Waals surface area contributed by atoms with Crippen molar-refractivity contribution < 1.29 is 9.53 Å². The van der Waals surface area contributed by atoms with Crippen LogP contribution in [0.25, 0.3) is 0 Å². The fraction of sp³-hybridized carbons (Fsp3) is 0.500. The van der Waals surface area contributed by atoms with Gasteiger partial charge in [-0.3, -0.25) is 14.6 Å². The number of carbonyl (C=O) groups is 1. The van der Waals surface area contributed by atoms with Gasteiger partial charge in [-0.15, -0.1) is 0 Å². The minimum absolute atomic E-state index is 0.111. The maximum Gasteiger partial charge on any atom is 0.228 e. The average Bonchev–Trinajstić information content (AvgIpc) is 2.83. The summed E-state index contributed by atoms with van der Waals surface area (Å²) >= 11 is 12.6. The van der Waals surface area contributed by atoms with Crippen molar-refractivity contribution in [2.75, 3.05) is 57.4 Å². The smallest absolute Gasteiger partial charge is 0.228 e. The summed E-state index contributed by atoms with van der Waals surface area (Å²) in [5, 5.41) is 4.70. The molecular formula is C24H30Cl2N4O2. The second kappa shape index (κ2) is 10.9. The normalized spacial score (nSPS) is 22.3. The van der Waals surface area contributed by atoms with Gasteiger partial charge < -0.3 is 10.1 Å². The third-order valence-electron chi connectivity index (χ3n) is 6.53. The molecule has 8 heteroatoms. The largest absolute Gasteiger partial charge is 0.379 e. The highest BCUT2D eigenvalue weighted by Gasteiger charge is 2.41. The van der Waals surface area contributed by atoms with Crippen molar-refractivity contribution in [2.45, 2.75) is 24.7 Å². The molecule has 0 saturated carbocycles. The number of hydrogen-bond donors (Lipinski definition) is 1. The SMILES string of the molecule is O=C1CCC(CCNCCN2CCOCC2)(c2ccc(Cl)c(Cl)c2)CN1c1ccccn1. The van der Waals surface area contributed by atoms with Crippen LogP contribution in [0.15, 0.2) is 42.6 Å². The van der Waals surface area contributed by atoms with Crippen LogP contribution in [0.4, 0.5) is 5.82 Å². The molecule has 2 saturated heterocycles. The van der Waals surface area contributed by atoms with E-state index in [9.17, 15) is 4.79 Å². The lowest BCUT2D eigenvalue weighted by Gasteiger charge is -2.43. The van der Waals surface area contributed by atoms with Crippen LogP contribution in [-0.4, -0.2) is 68.3 Å². The number of ether oxygens (including phenoxy) is 1. The Labute approximate surface area is 199 Å². The van der Waals surface area contributed by atoms with Gasteiger partial charge in [-0.1, -0.05) is 35.3 Å². The molecule has 0 radical (unpaired) electrons. The summed E-state index contributed by atoms with van der Waals surface area (Å²) in [6.07, 6.45) is 3.87. The molecule has 1 amide bonds. The number of anilines is 1. The zero-order chi connectivity index (χ0) is 22.4. The lowest BCUT2D eigenvalue weighted by molar-refractivity contribution is -0.120. The first-order valence-corrected chi connectivity index (χ1v) is 12.0. The predicted molar refractivity (Wildman–Crippen MR) is 129 cm³/mol. The van der Waals surface area contributed by atoms with Crippen molar-refractivity contribution >= 4 is 34.9 Å². The number of aromatic nitrogens is 1. The van der Waals surface area contributed by atoms with Crippen molar-refractivity contribution in [1.29, 1.82) is 0 Å². The van der Waals surface area contributed by atoms with Gasteiger partial charge in [0, 0.05) is 50.8 Å². The molecule has 172 valence electrons. The van der Waals surface area contributed by atoms with E-state index in [2.05, 4.69) is 15.2 Å². The molecule has 0 bridgehead atoms. The Kier molecular flexibility index (Phi) is 8.02. The highest BCUT2D eigenvalue weighted by atomic mass is 35.5. The first kappa shape index (κ1) is 23.5. The first-order chi connectivity index (χ1) is 15.6. The maximum absolute atomic E-state index is 12.8. The number of benzene rings is 1. The zero-order valence-corrected chi connectivity index (χ0v) is 19.7. The number of piperidine rings is 1. The number of rotatable bonds is 8. The van der Waals surface area contributed by atoms with Gasteiger partial charge in [0.05, 0.1) is 23.3 Å². The molecule has 2 aromatic rings. The van der Waals surface area contributed by atoms with E-state index in [0.717, 1.165) is 64.3 Å². The summed E-state index contributed by atoms with van der Waals surface area (Å²) in [6.45, 7) is 7.00. The fourth-order valence-electron chi connectivity index (χ4n) is 4.60. The standard InChI is InChI=1S/C24H30Cl2N4O2/c25-20-5-4-19(17-21(20)26)24(8-10-27-11-12-29-13-15-32-16-14-29)7-6-23(31)30(18-24)22-3-1-2-9-28-22/h1-5,9,17,27H,6-8,10-16,18H2. The molecule has 6 nitrogen and oxygen atoms in total. The van der Waals surface area contributed by atoms with Gasteiger partial charge >= 0.3 is 0 Å². The van der Waals surface area contributed by atoms with Gasteiger partial charge in [0.15, 0.2) is 0 Å². The second-order valence-corrected chi connectivity index (χ2v) is 9.35. The molecule has 1 unspecified atom stereocenters. The van der Waals surface area contributed by atoms with Crippen LogP contribution in [0.5, 0.6) is 0 Å². The molecule has 0 aliphatic carbocycles. The molecule has 1 aromatic heterocycles. The van der Waals surface area contributed by atoms with E-state index in [4.69, 9.17) is 27.9 Å². The Morgan fingerprint density at radius 2 is 1.94 bits per heavy atom. The van der Waals surface area contributed by atoms with Gasteiger partial charge in [-0.2, -0.15) is 0 Å². The summed E-state index contributed by atoms with van der Waals surface area (Å²) in [5.74, 6) is 0.807. The van der Waals surface area contributed by atoms with E-state index >= 15 is 0 Å². The maximum atomic E-state index is 12.8. The monoisotopic (exact) mass is 476 g/mol. The van der Waals surface area contributed by atoms with Crippen LogP contribution >= 0.6 is 23.2 Å². The van der Waals surface area contributed by atoms with Crippen LogP contribution < -0.4 is 10.2 Å². The van der Waals surface area contributed by atoms with Gasteiger partial charge in [0.1, 0.15) is 5.82 Å². The molecule has 4 rings (SSSR count). The lowest BCUT2D eigenvalue weighted by Crippen LogP contribution is -2.50. The van der Waals surface area contributed by atoms with Crippen LogP contribution in [-0.2, 0) is 14.9 Å². The van der Waals surface area contributed by atoms with Crippen molar-refractivity contribution in [3.63, 3.8) is 0 Å². The van der Waals surface area contributed by atoms with E-state index < -0.39 is 0 Å². The molecule has 1 aromatic carbocycles. The van der Waals surface area contributed by atoms with Crippen LogP contribution in [0.2, 0.25) is 10.0 Å². The first-order valence-electron chi connectivity index (χ1n) is 11.3. The van der Waals surface area contributed by atoms with E-state index in [-0.39, 0.29) is 11.3 Å². The number of nitrogens with zero attached hydrogens (tertiary/aromatic N) is 3. The van der Waals surface area contributed by atoms with E-state index in [1.165, 1.54) is 0 Å². The van der Waals surface area contributed by atoms with Gasteiger partial charge in [-0.05, 0) is 49.2 Å². The summed E-state index contributed by atoms with van der Waals surface area (Å²) in [7, 11) is 0. The Balaban J connectivity index is 1.48. The second-order valence-electron chi connectivity index (χ2n) is 8.53. The molecular weight excluding hydrogens is 447 g/mol. The van der Waals surface area contributed by atoms with E-state index in [1.807, 2.05) is 41.3 Å². The molecule has 2 fully saturated rings. The lowest BCUT2D eigenvalue weighted by atomic mass is 9.71. The molecule has 1 N–H and O–H groups in total. The molecule has 3 heterocycles. The summed E-state index contributed by atoms with van der Waals surface area (Å²) in [6, 6.07) is 11.5. The molecule has 1 atom stereocenters. The van der Waals surface area contributed by atoms with Gasteiger partial charge in [-0.25, -0.2) is 4.98 Å². The minimum Gasteiger partial charge on any atom is -0.379 e. The Bertz CT molecular complexity index is 908. The van der Waals surface area contributed by atoms with Crippen molar-refractivity contribution in [3.05, 3.63) is 58.2 Å². The summed E-state index contributed by atoms with van der Waals surface area (Å²) in [5.41, 5.74) is 0.904. The quantitative estimate of drug-likeness (QED) is 0.587. The highest BCUT2D eigenvalue weighted by Crippen LogP contribution is 2.40. The van der Waals surface area contributed by atoms with Gasteiger partial charge in [0.25, 0.3) is 0 Å². The number of halogens is 2. The average molecular weight is 477 g/mol. The van der Waals surface area contributed by atoms with E-state index in [0.29, 0.717) is 28.8 Å². The Morgan fingerprint density at radius 1 is 1.09 bits per heavy atom. The van der Waals surface area contributed by atoms with Gasteiger partial charge in [0.2, 0.25) is 5.91 Å². The number of amides is 1. The third kappa shape index (κ3) is 5.61. The Morgan fingerprint density at radius 3 is 2.69 bits per heavy atom. The molecule has 2 aliphatic rings. The minimum atomic E-state index is -0.217. The number of carbonyl (C=O) groups excluding carboxylic acids is 1. The summed E-state index contributed by atoms with van der Waals surface area (Å²) in [4.78, 5) is 21.5. The van der Waals surface area contributed by atoms with E-state index in [1.54, 1.807) is 6.20 Å². The number of hydrogen-bond acceptors (Lipinski definition) is 5. The number of pyridine rings is 1. The molecule has 32 heavy (non-hydrogen) atoms. The number of morpholine rings is 1. The predicted octanol–water partition coefficient (Wildman–Crippen LogP) is 3.77. The third-order valence-corrected chi connectivity index (χ3v) is 7.26. The fourth-order valence-corrected chi connectivity index (χ4v) is 4.90.